The van der Waals surface area contributed by atoms with Gasteiger partial charge in [0.2, 0.25) is 5.91 Å². The van der Waals surface area contributed by atoms with Gasteiger partial charge in [0.1, 0.15) is 5.75 Å². The van der Waals surface area contributed by atoms with E-state index in [1.165, 1.54) is 0 Å². The van der Waals surface area contributed by atoms with Crippen molar-refractivity contribution in [2.24, 2.45) is 0 Å². The van der Waals surface area contributed by atoms with Gasteiger partial charge in [-0.2, -0.15) is 0 Å². The van der Waals surface area contributed by atoms with E-state index in [1.807, 2.05) is 46.2 Å². The van der Waals surface area contributed by atoms with E-state index in [4.69, 9.17) is 18.9 Å². The first-order valence-electron chi connectivity index (χ1n) is 13.9. The van der Waals surface area contributed by atoms with Crippen molar-refractivity contribution in [3.8, 4) is 17.2 Å². The summed E-state index contributed by atoms with van der Waals surface area (Å²) in [6.45, 7) is 6.91. The number of carbonyl (C=O) groups is 2. The number of nitrogens with zero attached hydrogens (tertiary/aromatic N) is 3. The fourth-order valence-corrected chi connectivity index (χ4v) is 4.98. The highest BCUT2D eigenvalue weighted by Crippen LogP contribution is 2.34. The highest BCUT2D eigenvalue weighted by Gasteiger charge is 2.28. The standard InChI is InChI=1S/C30H41N3O6/c1-4-5-6-16-39-28-21-25(10-11-26(28)36-2)33-13-7-12-32(30(33)35)22-24-9-8-23(19-27(24)37-3)20-29(34)31-14-17-38-18-15-31/h8-11,19,21H,4-7,12-18,20,22H2,1-3H3. The fourth-order valence-electron chi connectivity index (χ4n) is 4.98. The minimum Gasteiger partial charge on any atom is -0.496 e. The number of hydrogen-bond donors (Lipinski definition) is 0. The zero-order valence-electron chi connectivity index (χ0n) is 23.4. The molecule has 2 aliphatic rings. The molecular formula is C30H41N3O6. The van der Waals surface area contributed by atoms with E-state index in [1.54, 1.807) is 19.1 Å². The molecule has 0 radical (unpaired) electrons. The summed E-state index contributed by atoms with van der Waals surface area (Å²) < 4.78 is 22.5. The molecule has 2 aromatic rings. The van der Waals surface area contributed by atoms with Crippen molar-refractivity contribution in [1.29, 1.82) is 0 Å². The highest BCUT2D eigenvalue weighted by molar-refractivity contribution is 5.93. The normalized spacial score (nSPS) is 15.9. The number of benzene rings is 2. The third-order valence-corrected chi connectivity index (χ3v) is 7.21. The second kappa shape index (κ2) is 14.1. The molecule has 0 aromatic heterocycles. The largest absolute Gasteiger partial charge is 0.496 e. The van der Waals surface area contributed by atoms with Crippen LogP contribution in [0.15, 0.2) is 36.4 Å². The zero-order valence-corrected chi connectivity index (χ0v) is 23.4. The molecule has 0 N–H and O–H groups in total. The van der Waals surface area contributed by atoms with Crippen LogP contribution in [0.3, 0.4) is 0 Å². The Morgan fingerprint density at radius 1 is 0.923 bits per heavy atom. The molecule has 39 heavy (non-hydrogen) atoms. The van der Waals surface area contributed by atoms with Crippen LogP contribution in [-0.4, -0.2) is 82.0 Å². The minimum absolute atomic E-state index is 0.0584. The van der Waals surface area contributed by atoms with Crippen LogP contribution in [0, 0.1) is 0 Å². The number of morpholine rings is 1. The topological polar surface area (TPSA) is 80.8 Å². The quantitative estimate of drug-likeness (QED) is 0.370. The Bertz CT molecular complexity index is 1120. The van der Waals surface area contributed by atoms with Crippen LogP contribution < -0.4 is 19.1 Å². The van der Waals surface area contributed by atoms with E-state index in [-0.39, 0.29) is 11.9 Å². The predicted molar refractivity (Wildman–Crippen MR) is 150 cm³/mol. The van der Waals surface area contributed by atoms with Gasteiger partial charge in [-0.05, 0) is 36.6 Å². The number of methoxy groups -OCH3 is 2. The van der Waals surface area contributed by atoms with E-state index in [9.17, 15) is 9.59 Å². The second-order valence-electron chi connectivity index (χ2n) is 9.92. The summed E-state index contributed by atoms with van der Waals surface area (Å²) in [6, 6.07) is 11.4. The van der Waals surface area contributed by atoms with Crippen molar-refractivity contribution in [3.05, 3.63) is 47.5 Å². The summed E-state index contributed by atoms with van der Waals surface area (Å²) >= 11 is 0. The Balaban J connectivity index is 1.43. The first kappa shape index (κ1) is 28.5. The molecule has 4 rings (SSSR count). The average Bonchev–Trinajstić information content (AvgIpc) is 2.97. The number of ether oxygens (including phenoxy) is 4. The van der Waals surface area contributed by atoms with Gasteiger partial charge in [0.05, 0.1) is 47.0 Å². The lowest BCUT2D eigenvalue weighted by Gasteiger charge is -2.36. The molecule has 3 amide bonds. The van der Waals surface area contributed by atoms with Gasteiger partial charge in [0.25, 0.3) is 0 Å². The Morgan fingerprint density at radius 2 is 1.72 bits per heavy atom. The van der Waals surface area contributed by atoms with Crippen molar-refractivity contribution in [2.75, 3.05) is 65.1 Å². The molecule has 0 atom stereocenters. The minimum atomic E-state index is -0.0584. The first-order chi connectivity index (χ1) is 19.0. The van der Waals surface area contributed by atoms with Crippen LogP contribution in [-0.2, 0) is 22.5 Å². The maximum absolute atomic E-state index is 13.6. The van der Waals surface area contributed by atoms with Crippen molar-refractivity contribution in [1.82, 2.24) is 9.80 Å². The van der Waals surface area contributed by atoms with E-state index >= 15 is 0 Å². The van der Waals surface area contributed by atoms with Crippen LogP contribution in [0.25, 0.3) is 0 Å². The van der Waals surface area contributed by atoms with Crippen LogP contribution in [0.4, 0.5) is 10.5 Å². The highest BCUT2D eigenvalue weighted by atomic mass is 16.5. The Hall–Kier alpha value is -3.46. The van der Waals surface area contributed by atoms with Crippen LogP contribution in [0.1, 0.15) is 43.7 Å². The SMILES string of the molecule is CCCCCOc1cc(N2CCCN(Cc3ccc(CC(=O)N4CCOCC4)cc3OC)C2=O)ccc1OC. The lowest BCUT2D eigenvalue weighted by atomic mass is 10.1. The summed E-state index contributed by atoms with van der Waals surface area (Å²) in [5.41, 5.74) is 2.59. The summed E-state index contributed by atoms with van der Waals surface area (Å²) in [5, 5.41) is 0. The van der Waals surface area contributed by atoms with Crippen molar-refractivity contribution < 1.29 is 28.5 Å². The summed E-state index contributed by atoms with van der Waals surface area (Å²) in [4.78, 5) is 31.7. The molecule has 0 aliphatic carbocycles. The van der Waals surface area contributed by atoms with Crippen molar-refractivity contribution in [3.63, 3.8) is 0 Å². The molecule has 2 aromatic carbocycles. The van der Waals surface area contributed by atoms with Crippen molar-refractivity contribution >= 4 is 17.6 Å². The number of amides is 3. The number of carbonyl (C=O) groups excluding carboxylic acids is 2. The van der Waals surface area contributed by atoms with Crippen molar-refractivity contribution in [2.45, 2.75) is 45.6 Å². The molecule has 2 saturated heterocycles. The zero-order chi connectivity index (χ0) is 27.6. The van der Waals surface area contributed by atoms with Gasteiger partial charge >= 0.3 is 6.03 Å². The smallest absolute Gasteiger partial charge is 0.324 e. The first-order valence-corrected chi connectivity index (χ1v) is 13.9. The van der Waals surface area contributed by atoms with Gasteiger partial charge in [0.15, 0.2) is 11.5 Å². The second-order valence-corrected chi connectivity index (χ2v) is 9.92. The number of rotatable bonds is 12. The molecule has 2 aliphatic heterocycles. The Morgan fingerprint density at radius 3 is 2.46 bits per heavy atom. The molecule has 0 bridgehead atoms. The molecular weight excluding hydrogens is 498 g/mol. The third kappa shape index (κ3) is 7.35. The van der Waals surface area contributed by atoms with Gasteiger partial charge in [-0.1, -0.05) is 31.9 Å². The van der Waals surface area contributed by atoms with E-state index in [0.717, 1.165) is 42.5 Å². The lowest BCUT2D eigenvalue weighted by Crippen LogP contribution is -2.49. The Labute approximate surface area is 231 Å². The van der Waals surface area contributed by atoms with Crippen LogP contribution in [0.5, 0.6) is 17.2 Å². The molecule has 212 valence electrons. The van der Waals surface area contributed by atoms with E-state index in [2.05, 4.69) is 6.92 Å². The van der Waals surface area contributed by atoms with Crippen LogP contribution in [0.2, 0.25) is 0 Å². The van der Waals surface area contributed by atoms with Gasteiger partial charge < -0.3 is 28.7 Å². The molecule has 9 heteroatoms. The van der Waals surface area contributed by atoms with Gasteiger partial charge in [0, 0.05) is 43.5 Å². The van der Waals surface area contributed by atoms with Gasteiger partial charge in [-0.15, -0.1) is 0 Å². The number of unbranched alkanes of at least 4 members (excludes halogenated alkanes) is 2. The Kier molecular flexibility index (Phi) is 10.3. The van der Waals surface area contributed by atoms with Gasteiger partial charge in [-0.3, -0.25) is 9.69 Å². The average molecular weight is 540 g/mol. The summed E-state index contributed by atoms with van der Waals surface area (Å²) in [7, 11) is 3.25. The monoisotopic (exact) mass is 539 g/mol. The fraction of sp³-hybridized carbons (Fsp3) is 0.533. The predicted octanol–water partition coefficient (Wildman–Crippen LogP) is 4.51. The molecule has 0 saturated carbocycles. The lowest BCUT2D eigenvalue weighted by molar-refractivity contribution is -0.134. The van der Waals surface area contributed by atoms with Gasteiger partial charge in [-0.25, -0.2) is 4.79 Å². The van der Waals surface area contributed by atoms with E-state index < -0.39 is 0 Å². The van der Waals surface area contributed by atoms with E-state index in [0.29, 0.717) is 76.2 Å². The molecule has 2 heterocycles. The summed E-state index contributed by atoms with van der Waals surface area (Å²) in [6.07, 6.45) is 4.36. The summed E-state index contributed by atoms with van der Waals surface area (Å²) in [5.74, 6) is 2.08. The number of hydrogen-bond acceptors (Lipinski definition) is 6. The molecule has 9 nitrogen and oxygen atoms in total. The third-order valence-electron chi connectivity index (χ3n) is 7.21. The number of anilines is 1. The maximum Gasteiger partial charge on any atom is 0.324 e. The number of urea groups is 1. The molecule has 2 fully saturated rings. The maximum atomic E-state index is 13.6. The van der Waals surface area contributed by atoms with Crippen LogP contribution >= 0.6 is 0 Å². The molecule has 0 unspecified atom stereocenters. The molecule has 0 spiro atoms.